The summed E-state index contributed by atoms with van der Waals surface area (Å²) >= 11 is 0. The monoisotopic (exact) mass is 564 g/mol. The van der Waals surface area contributed by atoms with E-state index in [1.165, 1.54) is 11.1 Å². The van der Waals surface area contributed by atoms with E-state index >= 15 is 0 Å². The molecule has 0 spiro atoms. The molecule has 0 aliphatic carbocycles. The van der Waals surface area contributed by atoms with Crippen LogP contribution in [0.1, 0.15) is 49.3 Å². The van der Waals surface area contributed by atoms with Crippen molar-refractivity contribution in [1.82, 2.24) is 15.6 Å². The van der Waals surface area contributed by atoms with E-state index in [4.69, 9.17) is 10.7 Å². The van der Waals surface area contributed by atoms with E-state index in [0.717, 1.165) is 62.7 Å². The summed E-state index contributed by atoms with van der Waals surface area (Å²) in [6.45, 7) is 8.00. The van der Waals surface area contributed by atoms with Crippen LogP contribution < -0.4 is 21.3 Å². The number of benzene rings is 1. The van der Waals surface area contributed by atoms with E-state index in [1.807, 2.05) is 12.3 Å². The van der Waals surface area contributed by atoms with Gasteiger partial charge in [-0.3, -0.25) is 4.79 Å². The van der Waals surface area contributed by atoms with E-state index in [2.05, 4.69) is 64.7 Å². The SMILES string of the molecule is CCCCNC(=NCc1ccc(C)cc1)NCc1cccnc1N1CCC(C(N)=O)CC1.I. The molecule has 1 amide bonds. The Morgan fingerprint density at radius 2 is 1.91 bits per heavy atom. The molecule has 180 valence electrons. The van der Waals surface area contributed by atoms with Crippen molar-refractivity contribution < 1.29 is 4.79 Å². The number of amides is 1. The molecule has 1 aromatic carbocycles. The average molecular weight is 565 g/mol. The minimum atomic E-state index is -0.194. The Balaban J connectivity index is 0.00000385. The highest BCUT2D eigenvalue weighted by Crippen LogP contribution is 2.24. The van der Waals surface area contributed by atoms with Crippen LogP contribution in [0.25, 0.3) is 0 Å². The van der Waals surface area contributed by atoms with Gasteiger partial charge >= 0.3 is 0 Å². The van der Waals surface area contributed by atoms with Crippen LogP contribution in [0, 0.1) is 12.8 Å². The summed E-state index contributed by atoms with van der Waals surface area (Å²) in [5.74, 6) is 1.55. The van der Waals surface area contributed by atoms with Gasteiger partial charge < -0.3 is 21.3 Å². The van der Waals surface area contributed by atoms with Gasteiger partial charge in [-0.15, -0.1) is 24.0 Å². The van der Waals surface area contributed by atoms with Crippen LogP contribution in [0.3, 0.4) is 0 Å². The van der Waals surface area contributed by atoms with E-state index in [9.17, 15) is 4.79 Å². The third-order valence-corrected chi connectivity index (χ3v) is 5.87. The number of aryl methyl sites for hydroxylation is 1. The second kappa shape index (κ2) is 14.0. The summed E-state index contributed by atoms with van der Waals surface area (Å²) in [4.78, 5) is 23.2. The molecule has 1 fully saturated rings. The van der Waals surface area contributed by atoms with Gasteiger partial charge in [0.05, 0.1) is 6.54 Å². The zero-order chi connectivity index (χ0) is 22.8. The number of nitrogens with one attached hydrogen (secondary N) is 2. The molecule has 4 N–H and O–H groups in total. The van der Waals surface area contributed by atoms with Gasteiger partial charge in [0.25, 0.3) is 0 Å². The maximum absolute atomic E-state index is 11.5. The third kappa shape index (κ3) is 8.49. The molecule has 2 heterocycles. The number of aromatic nitrogens is 1. The van der Waals surface area contributed by atoms with Crippen molar-refractivity contribution in [2.75, 3.05) is 24.5 Å². The molecule has 0 unspecified atom stereocenters. The number of nitrogens with two attached hydrogens (primary N) is 1. The van der Waals surface area contributed by atoms with Crippen molar-refractivity contribution in [2.24, 2.45) is 16.6 Å². The number of primary amides is 1. The van der Waals surface area contributed by atoms with Gasteiger partial charge in [0.1, 0.15) is 5.82 Å². The smallest absolute Gasteiger partial charge is 0.220 e. The fourth-order valence-electron chi connectivity index (χ4n) is 3.83. The number of carbonyl (C=O) groups is 1. The molecule has 1 aliphatic rings. The molecule has 33 heavy (non-hydrogen) atoms. The number of guanidine groups is 1. The Kier molecular flexibility index (Phi) is 11.4. The first-order chi connectivity index (χ1) is 15.6. The number of pyridine rings is 1. The van der Waals surface area contributed by atoms with Crippen molar-refractivity contribution >= 4 is 41.7 Å². The zero-order valence-electron chi connectivity index (χ0n) is 19.7. The van der Waals surface area contributed by atoms with Gasteiger partial charge in [-0.25, -0.2) is 9.98 Å². The number of halogens is 1. The van der Waals surface area contributed by atoms with Crippen LogP contribution in [-0.4, -0.2) is 36.5 Å². The summed E-state index contributed by atoms with van der Waals surface area (Å²) in [7, 11) is 0. The highest BCUT2D eigenvalue weighted by atomic mass is 127. The molecule has 0 atom stereocenters. The maximum atomic E-state index is 11.5. The molecule has 2 aromatic rings. The standard InChI is InChI=1S/C25H36N6O.HI/c1-3-4-13-28-25(29-17-20-9-7-19(2)8-10-20)30-18-22-6-5-14-27-24(22)31-15-11-21(12-16-31)23(26)32;/h5-10,14,21H,3-4,11-13,15-18H2,1-2H3,(H2,26,32)(H2,28,29,30);1H. The summed E-state index contributed by atoms with van der Waals surface area (Å²) in [5.41, 5.74) is 9.04. The van der Waals surface area contributed by atoms with Crippen molar-refractivity contribution in [3.8, 4) is 0 Å². The van der Waals surface area contributed by atoms with E-state index in [-0.39, 0.29) is 35.8 Å². The molecule has 0 radical (unpaired) electrons. The van der Waals surface area contributed by atoms with Crippen LogP contribution in [0.5, 0.6) is 0 Å². The predicted octanol–water partition coefficient (Wildman–Crippen LogP) is 3.75. The lowest BCUT2D eigenvalue weighted by Crippen LogP contribution is -2.40. The fraction of sp³-hybridized carbons (Fsp3) is 0.480. The van der Waals surface area contributed by atoms with Crippen LogP contribution in [0.15, 0.2) is 47.6 Å². The largest absolute Gasteiger partial charge is 0.369 e. The third-order valence-electron chi connectivity index (χ3n) is 5.87. The molecule has 7 nitrogen and oxygen atoms in total. The molecule has 1 saturated heterocycles. The van der Waals surface area contributed by atoms with E-state index in [0.29, 0.717) is 13.1 Å². The zero-order valence-corrected chi connectivity index (χ0v) is 22.0. The first-order valence-corrected chi connectivity index (χ1v) is 11.6. The predicted molar refractivity (Wildman–Crippen MR) is 146 cm³/mol. The fourth-order valence-corrected chi connectivity index (χ4v) is 3.83. The molecule has 0 bridgehead atoms. The van der Waals surface area contributed by atoms with Crippen LogP contribution in [0.4, 0.5) is 5.82 Å². The normalized spacial score (nSPS) is 14.5. The molecular weight excluding hydrogens is 527 g/mol. The average Bonchev–Trinajstić information content (AvgIpc) is 2.82. The molecule has 1 aliphatic heterocycles. The quantitative estimate of drug-likeness (QED) is 0.187. The Morgan fingerprint density at radius 3 is 2.58 bits per heavy atom. The number of rotatable bonds is 9. The summed E-state index contributed by atoms with van der Waals surface area (Å²) in [6.07, 6.45) is 5.61. The van der Waals surface area contributed by atoms with Crippen molar-refractivity contribution in [2.45, 2.75) is 52.6 Å². The van der Waals surface area contributed by atoms with Crippen molar-refractivity contribution in [3.63, 3.8) is 0 Å². The summed E-state index contributed by atoms with van der Waals surface area (Å²) < 4.78 is 0. The Morgan fingerprint density at radius 1 is 1.18 bits per heavy atom. The minimum Gasteiger partial charge on any atom is -0.369 e. The number of aliphatic imine (C=N–C) groups is 1. The molecule has 1 aromatic heterocycles. The highest BCUT2D eigenvalue weighted by molar-refractivity contribution is 14.0. The van der Waals surface area contributed by atoms with E-state index < -0.39 is 0 Å². The van der Waals surface area contributed by atoms with Crippen molar-refractivity contribution in [3.05, 3.63) is 59.3 Å². The highest BCUT2D eigenvalue weighted by Gasteiger charge is 2.24. The molecule has 0 saturated carbocycles. The van der Waals surface area contributed by atoms with Gasteiger partial charge in [0, 0.05) is 43.9 Å². The molecular formula is C25H37IN6O. The minimum absolute atomic E-state index is 0. The number of nitrogens with zero attached hydrogens (tertiary/aromatic N) is 3. The Hall–Kier alpha value is -2.36. The van der Waals surface area contributed by atoms with Gasteiger partial charge in [-0.1, -0.05) is 49.2 Å². The lowest BCUT2D eigenvalue weighted by Gasteiger charge is -2.32. The number of unbranched alkanes of at least 4 members (excludes halogenated alkanes) is 1. The summed E-state index contributed by atoms with van der Waals surface area (Å²) in [5, 5.41) is 6.92. The number of hydrogen-bond acceptors (Lipinski definition) is 4. The van der Waals surface area contributed by atoms with Crippen LogP contribution in [0.2, 0.25) is 0 Å². The number of piperidine rings is 1. The second-order valence-corrected chi connectivity index (χ2v) is 8.43. The maximum Gasteiger partial charge on any atom is 0.220 e. The molecule has 8 heteroatoms. The Bertz CT molecular complexity index is 894. The first-order valence-electron chi connectivity index (χ1n) is 11.6. The van der Waals surface area contributed by atoms with E-state index in [1.54, 1.807) is 0 Å². The number of hydrogen-bond donors (Lipinski definition) is 3. The summed E-state index contributed by atoms with van der Waals surface area (Å²) in [6, 6.07) is 12.5. The van der Waals surface area contributed by atoms with Crippen LogP contribution >= 0.6 is 24.0 Å². The Labute approximate surface area is 214 Å². The van der Waals surface area contributed by atoms with Gasteiger partial charge in [0.2, 0.25) is 5.91 Å². The lowest BCUT2D eigenvalue weighted by atomic mass is 9.96. The van der Waals surface area contributed by atoms with Gasteiger partial charge in [-0.2, -0.15) is 0 Å². The van der Waals surface area contributed by atoms with Crippen LogP contribution in [-0.2, 0) is 17.9 Å². The first kappa shape index (κ1) is 26.9. The van der Waals surface area contributed by atoms with Gasteiger partial charge in [0.15, 0.2) is 5.96 Å². The van der Waals surface area contributed by atoms with Gasteiger partial charge in [-0.05, 0) is 37.8 Å². The lowest BCUT2D eigenvalue weighted by molar-refractivity contribution is -0.122. The second-order valence-electron chi connectivity index (χ2n) is 8.43. The molecule has 3 rings (SSSR count). The number of anilines is 1. The number of carbonyl (C=O) groups excluding carboxylic acids is 1. The van der Waals surface area contributed by atoms with Crippen molar-refractivity contribution in [1.29, 1.82) is 0 Å². The topological polar surface area (TPSA) is 95.6 Å².